The van der Waals surface area contributed by atoms with E-state index in [2.05, 4.69) is 5.32 Å². The highest BCUT2D eigenvalue weighted by molar-refractivity contribution is 7.99. The van der Waals surface area contributed by atoms with E-state index >= 15 is 0 Å². The topological polar surface area (TPSA) is 81.5 Å². The molecule has 1 aliphatic rings. The maximum Gasteiger partial charge on any atom is 0.311 e. The molecular weight excluding hydrogens is 328 g/mol. The van der Waals surface area contributed by atoms with Gasteiger partial charge in [-0.15, -0.1) is 11.8 Å². The van der Waals surface area contributed by atoms with Crippen molar-refractivity contribution in [2.45, 2.75) is 17.4 Å². The van der Waals surface area contributed by atoms with Crippen molar-refractivity contribution < 1.29 is 14.5 Å². The van der Waals surface area contributed by atoms with Crippen LogP contribution in [0.15, 0.2) is 47.4 Å². The highest BCUT2D eigenvalue weighted by Gasteiger charge is 2.24. The van der Waals surface area contributed by atoms with E-state index in [0.29, 0.717) is 0 Å². The van der Waals surface area contributed by atoms with Gasteiger partial charge >= 0.3 is 5.69 Å². The highest BCUT2D eigenvalue weighted by Crippen LogP contribution is 2.36. The number of fused-ring (bicyclic) bond motifs is 1. The SMILES string of the molecule is COc1ccc(C(=O)N[C@H]2CCSc3ccccc32)cc1[N+](=O)[O-]. The number of nitro benzene ring substituents is 1. The number of methoxy groups -OCH3 is 1. The molecule has 0 bridgehead atoms. The Labute approximate surface area is 143 Å². The zero-order valence-electron chi connectivity index (χ0n) is 13.0. The lowest BCUT2D eigenvalue weighted by atomic mass is 10.0. The number of rotatable bonds is 4. The molecule has 0 aromatic heterocycles. The van der Waals surface area contributed by atoms with Gasteiger partial charge in [-0.05, 0) is 30.2 Å². The molecule has 3 rings (SSSR count). The number of hydrogen-bond donors (Lipinski definition) is 1. The van der Waals surface area contributed by atoms with Crippen LogP contribution < -0.4 is 10.1 Å². The Kier molecular flexibility index (Phi) is 4.71. The van der Waals surface area contributed by atoms with Gasteiger partial charge in [-0.25, -0.2) is 0 Å². The maximum atomic E-state index is 12.5. The lowest BCUT2D eigenvalue weighted by Gasteiger charge is -2.25. The molecule has 1 heterocycles. The highest BCUT2D eigenvalue weighted by atomic mass is 32.2. The summed E-state index contributed by atoms with van der Waals surface area (Å²) in [7, 11) is 1.36. The zero-order chi connectivity index (χ0) is 17.1. The largest absolute Gasteiger partial charge is 0.490 e. The Morgan fingerprint density at radius 2 is 2.12 bits per heavy atom. The van der Waals surface area contributed by atoms with Gasteiger partial charge in [0.15, 0.2) is 5.75 Å². The summed E-state index contributed by atoms with van der Waals surface area (Å²) in [6.07, 6.45) is 0.825. The number of ether oxygens (including phenoxy) is 1. The third-order valence-electron chi connectivity index (χ3n) is 3.90. The minimum Gasteiger partial charge on any atom is -0.490 e. The second kappa shape index (κ2) is 6.92. The number of nitrogens with one attached hydrogen (secondary N) is 1. The number of nitrogens with zero attached hydrogens (tertiary/aromatic N) is 1. The average Bonchev–Trinajstić information content (AvgIpc) is 2.61. The van der Waals surface area contributed by atoms with Crippen LogP contribution in [0.4, 0.5) is 5.69 Å². The van der Waals surface area contributed by atoms with E-state index in [4.69, 9.17) is 4.74 Å². The molecular formula is C17H16N2O4S. The number of thioether (sulfide) groups is 1. The summed E-state index contributed by atoms with van der Waals surface area (Å²) in [5.41, 5.74) is 1.12. The molecule has 0 unspecified atom stereocenters. The Balaban J connectivity index is 1.84. The lowest BCUT2D eigenvalue weighted by Crippen LogP contribution is -2.30. The normalized spacial score (nSPS) is 16.1. The van der Waals surface area contributed by atoms with Crippen LogP contribution in [0.25, 0.3) is 0 Å². The van der Waals surface area contributed by atoms with Crippen LogP contribution in [0.3, 0.4) is 0 Å². The molecule has 2 aromatic rings. The van der Waals surface area contributed by atoms with Crippen molar-refractivity contribution >= 4 is 23.4 Å². The van der Waals surface area contributed by atoms with Gasteiger partial charge in [0.1, 0.15) is 0 Å². The van der Waals surface area contributed by atoms with Gasteiger partial charge in [0.25, 0.3) is 5.91 Å². The van der Waals surface area contributed by atoms with Crippen LogP contribution in [-0.2, 0) is 0 Å². The van der Waals surface area contributed by atoms with Crippen molar-refractivity contribution in [2.75, 3.05) is 12.9 Å². The van der Waals surface area contributed by atoms with Crippen molar-refractivity contribution in [3.05, 3.63) is 63.7 Å². The molecule has 7 heteroatoms. The van der Waals surface area contributed by atoms with Crippen molar-refractivity contribution in [2.24, 2.45) is 0 Å². The number of carbonyl (C=O) groups is 1. The summed E-state index contributed by atoms with van der Waals surface area (Å²) in [5, 5.41) is 14.1. The molecule has 0 fully saturated rings. The number of hydrogen-bond acceptors (Lipinski definition) is 5. The first-order valence-electron chi connectivity index (χ1n) is 7.45. The molecule has 0 spiro atoms. The average molecular weight is 344 g/mol. The fraction of sp³-hybridized carbons (Fsp3) is 0.235. The first kappa shape index (κ1) is 16.3. The van der Waals surface area contributed by atoms with E-state index in [1.807, 2.05) is 24.3 Å². The quantitative estimate of drug-likeness (QED) is 0.677. The second-order valence-corrected chi connectivity index (χ2v) is 6.48. The number of carbonyl (C=O) groups excluding carboxylic acids is 1. The Morgan fingerprint density at radius 1 is 1.33 bits per heavy atom. The standard InChI is InChI=1S/C17H16N2O4S/c1-23-15-7-6-11(10-14(15)19(21)22)17(20)18-13-8-9-24-16-5-3-2-4-12(13)16/h2-7,10,13H,8-9H2,1H3,(H,18,20)/t13-/m0/s1. The van der Waals surface area contributed by atoms with E-state index in [0.717, 1.165) is 22.6 Å². The molecule has 6 nitrogen and oxygen atoms in total. The van der Waals surface area contributed by atoms with Gasteiger partial charge in [0.2, 0.25) is 0 Å². The van der Waals surface area contributed by atoms with Crippen molar-refractivity contribution in [3.63, 3.8) is 0 Å². The maximum absolute atomic E-state index is 12.5. The van der Waals surface area contributed by atoms with Gasteiger partial charge in [-0.1, -0.05) is 18.2 Å². The molecule has 1 amide bonds. The smallest absolute Gasteiger partial charge is 0.311 e. The molecule has 24 heavy (non-hydrogen) atoms. The van der Waals surface area contributed by atoms with Crippen molar-refractivity contribution in [1.82, 2.24) is 5.32 Å². The van der Waals surface area contributed by atoms with E-state index in [9.17, 15) is 14.9 Å². The molecule has 0 aliphatic carbocycles. The van der Waals surface area contributed by atoms with E-state index in [1.165, 1.54) is 25.3 Å². The Morgan fingerprint density at radius 3 is 2.88 bits per heavy atom. The molecule has 1 aliphatic heterocycles. The minimum absolute atomic E-state index is 0.0869. The predicted octanol–water partition coefficient (Wildman–Crippen LogP) is 3.57. The van der Waals surface area contributed by atoms with E-state index in [1.54, 1.807) is 11.8 Å². The fourth-order valence-corrected chi connectivity index (χ4v) is 3.83. The summed E-state index contributed by atoms with van der Waals surface area (Å²) in [6.45, 7) is 0. The summed E-state index contributed by atoms with van der Waals surface area (Å²) >= 11 is 1.77. The molecule has 1 atom stereocenters. The first-order chi connectivity index (χ1) is 11.6. The van der Waals surface area contributed by atoms with Gasteiger partial charge < -0.3 is 10.1 Å². The summed E-state index contributed by atoms with van der Waals surface area (Å²) in [4.78, 5) is 24.2. The number of benzene rings is 2. The third kappa shape index (κ3) is 3.21. The van der Waals surface area contributed by atoms with Crippen LogP contribution in [0, 0.1) is 10.1 Å². The lowest BCUT2D eigenvalue weighted by molar-refractivity contribution is -0.385. The Hall–Kier alpha value is -2.54. The van der Waals surface area contributed by atoms with Crippen LogP contribution >= 0.6 is 11.8 Å². The number of amides is 1. The molecule has 124 valence electrons. The monoisotopic (exact) mass is 344 g/mol. The van der Waals surface area contributed by atoms with Crippen LogP contribution in [0.1, 0.15) is 28.4 Å². The van der Waals surface area contributed by atoms with Gasteiger partial charge in [-0.2, -0.15) is 0 Å². The van der Waals surface area contributed by atoms with Crippen molar-refractivity contribution in [1.29, 1.82) is 0 Å². The zero-order valence-corrected chi connectivity index (χ0v) is 13.8. The molecule has 0 saturated carbocycles. The van der Waals surface area contributed by atoms with Crippen LogP contribution in [0.5, 0.6) is 5.75 Å². The molecule has 0 saturated heterocycles. The Bertz CT molecular complexity index is 794. The summed E-state index contributed by atoms with van der Waals surface area (Å²) < 4.78 is 4.96. The predicted molar refractivity (Wildman–Crippen MR) is 91.6 cm³/mol. The van der Waals surface area contributed by atoms with Gasteiger partial charge in [0.05, 0.1) is 18.1 Å². The second-order valence-electron chi connectivity index (χ2n) is 5.34. The summed E-state index contributed by atoms with van der Waals surface area (Å²) in [5.74, 6) is 0.730. The van der Waals surface area contributed by atoms with Gasteiger partial charge in [-0.3, -0.25) is 14.9 Å². The fourth-order valence-electron chi connectivity index (χ4n) is 2.71. The van der Waals surface area contributed by atoms with Gasteiger partial charge in [0, 0.05) is 22.3 Å². The van der Waals surface area contributed by atoms with Crippen molar-refractivity contribution in [3.8, 4) is 5.75 Å². The molecule has 2 aromatic carbocycles. The number of nitro groups is 1. The first-order valence-corrected chi connectivity index (χ1v) is 8.43. The van der Waals surface area contributed by atoms with E-state index < -0.39 is 4.92 Å². The molecule has 0 radical (unpaired) electrons. The van der Waals surface area contributed by atoms with E-state index in [-0.39, 0.29) is 28.9 Å². The summed E-state index contributed by atoms with van der Waals surface area (Å²) in [6, 6.07) is 12.1. The third-order valence-corrected chi connectivity index (χ3v) is 5.02. The minimum atomic E-state index is -0.553. The van der Waals surface area contributed by atoms with Crippen LogP contribution in [-0.4, -0.2) is 23.7 Å². The molecule has 1 N–H and O–H groups in total. The van der Waals surface area contributed by atoms with Crippen LogP contribution in [0.2, 0.25) is 0 Å².